The third-order valence-corrected chi connectivity index (χ3v) is 0.395. The Kier molecular flexibility index (Phi) is 3.06. The largest absolute Gasteiger partial charge is 0.598 e. The van der Waals surface area contributed by atoms with Crippen LogP contribution in [-0.2, 0) is 14.7 Å². The van der Waals surface area contributed by atoms with Crippen molar-refractivity contribution >= 4 is 5.97 Å². The van der Waals surface area contributed by atoms with Gasteiger partial charge in [0.15, 0.2) is 0 Å². The number of nitrogens with two attached hydrogens (primary N) is 1. The Morgan fingerprint density at radius 3 is 2.30 bits per heavy atom. The summed E-state index contributed by atoms with van der Waals surface area (Å²) in [5.74, 6) is -2.57. The van der Waals surface area contributed by atoms with Crippen molar-refractivity contribution in [1.82, 2.24) is 0 Å². The van der Waals surface area contributed by atoms with E-state index >= 15 is 0 Å². The SMILES string of the molecule is O=C(OO[NH2+][O-])C(F)(F)F. The van der Waals surface area contributed by atoms with Gasteiger partial charge in [-0.25, -0.2) is 9.68 Å². The summed E-state index contributed by atoms with van der Waals surface area (Å²) in [7, 11) is 0. The Bertz CT molecular complexity index is 122. The first kappa shape index (κ1) is 9.14. The highest BCUT2D eigenvalue weighted by atomic mass is 19.4. The lowest BCUT2D eigenvalue weighted by Gasteiger charge is -2.02. The molecule has 0 rings (SSSR count). The standard InChI is InChI=1S/C2H2F3NO4/c3-2(4,5)1(7)9-10-6-8/h6H2. The smallest absolute Gasteiger partial charge is 0.494 e. The average Bonchev–Trinajstić information content (AvgIpc) is 1.80. The van der Waals surface area contributed by atoms with Gasteiger partial charge in [-0.15, -0.1) is 0 Å². The Labute approximate surface area is 52.2 Å². The summed E-state index contributed by atoms with van der Waals surface area (Å²) in [5.41, 5.74) is -0.441. The van der Waals surface area contributed by atoms with Crippen molar-refractivity contribution in [2.24, 2.45) is 0 Å². The quantitative estimate of drug-likeness (QED) is 0.416. The van der Waals surface area contributed by atoms with E-state index < -0.39 is 17.8 Å². The van der Waals surface area contributed by atoms with Crippen molar-refractivity contribution in [2.75, 3.05) is 0 Å². The molecule has 0 aromatic heterocycles. The highest BCUT2D eigenvalue weighted by Gasteiger charge is 2.42. The maximum atomic E-state index is 11.1. The molecule has 0 fully saturated rings. The fourth-order valence-electron chi connectivity index (χ4n) is 0.111. The molecule has 10 heavy (non-hydrogen) atoms. The number of alkyl halides is 3. The monoisotopic (exact) mass is 161 g/mol. The van der Waals surface area contributed by atoms with Gasteiger partial charge in [0.25, 0.3) is 0 Å². The molecule has 2 N–H and O–H groups in total. The number of hydrogen-bond acceptors (Lipinski definition) is 4. The lowest BCUT2D eigenvalue weighted by molar-refractivity contribution is -0.921. The normalized spacial score (nSPS) is 11.2. The predicted molar refractivity (Wildman–Crippen MR) is 18.5 cm³/mol. The molecule has 0 radical (unpaired) electrons. The fraction of sp³-hybridized carbons (Fsp3) is 0.500. The van der Waals surface area contributed by atoms with Gasteiger partial charge in [0.1, 0.15) is 0 Å². The van der Waals surface area contributed by atoms with Gasteiger partial charge in [0, 0.05) is 4.99 Å². The molecule has 5 nitrogen and oxygen atoms in total. The molecular formula is C2H2F3NO4. The molecule has 0 aromatic carbocycles. The van der Waals surface area contributed by atoms with Gasteiger partial charge >= 0.3 is 12.1 Å². The van der Waals surface area contributed by atoms with Crippen molar-refractivity contribution < 1.29 is 33.5 Å². The number of carbonyl (C=O) groups is 1. The molecule has 60 valence electrons. The van der Waals surface area contributed by atoms with Crippen LogP contribution in [0.3, 0.4) is 0 Å². The summed E-state index contributed by atoms with van der Waals surface area (Å²) in [4.78, 5) is 15.6. The molecule has 0 amide bonds. The van der Waals surface area contributed by atoms with E-state index in [2.05, 4.69) is 9.88 Å². The van der Waals surface area contributed by atoms with Crippen molar-refractivity contribution in [1.29, 1.82) is 0 Å². The minimum atomic E-state index is -5.14. The van der Waals surface area contributed by atoms with E-state index in [0.29, 0.717) is 0 Å². The van der Waals surface area contributed by atoms with Crippen LogP contribution in [0.25, 0.3) is 0 Å². The summed E-state index contributed by atoms with van der Waals surface area (Å²) < 4.78 is 33.3. The molecule has 0 heterocycles. The maximum absolute atomic E-state index is 11.1. The molecule has 0 aliphatic heterocycles. The molecule has 0 aliphatic carbocycles. The van der Waals surface area contributed by atoms with Crippen LogP contribution in [0, 0.1) is 5.21 Å². The molecule has 0 atom stereocenters. The first-order valence-corrected chi connectivity index (χ1v) is 1.86. The van der Waals surface area contributed by atoms with Crippen molar-refractivity contribution in [2.45, 2.75) is 6.18 Å². The van der Waals surface area contributed by atoms with Crippen LogP contribution in [0.1, 0.15) is 0 Å². The van der Waals surface area contributed by atoms with E-state index in [0.717, 1.165) is 0 Å². The summed E-state index contributed by atoms with van der Waals surface area (Å²) >= 11 is 0. The van der Waals surface area contributed by atoms with Gasteiger partial charge in [-0.3, -0.25) is 0 Å². The van der Waals surface area contributed by atoms with Crippen LogP contribution in [0.4, 0.5) is 13.2 Å². The molecule has 0 spiro atoms. The fourth-order valence-corrected chi connectivity index (χ4v) is 0.111. The number of hydrogen-bond donors (Lipinski definition) is 1. The van der Waals surface area contributed by atoms with Crippen LogP contribution in [-0.4, -0.2) is 12.1 Å². The zero-order chi connectivity index (χ0) is 8.20. The minimum Gasteiger partial charge on any atom is -0.598 e. The zero-order valence-corrected chi connectivity index (χ0v) is 4.34. The highest BCUT2D eigenvalue weighted by molar-refractivity contribution is 5.74. The molecule has 8 heteroatoms. The molecule has 0 saturated carbocycles. The van der Waals surface area contributed by atoms with E-state index in [1.165, 1.54) is 0 Å². The van der Waals surface area contributed by atoms with E-state index in [9.17, 15) is 18.0 Å². The number of halogens is 3. The third kappa shape index (κ3) is 3.22. The lowest BCUT2D eigenvalue weighted by atomic mass is 10.7. The second kappa shape index (κ2) is 3.34. The Morgan fingerprint density at radius 2 is 2.00 bits per heavy atom. The van der Waals surface area contributed by atoms with E-state index in [-0.39, 0.29) is 0 Å². The molecule has 0 saturated heterocycles. The Morgan fingerprint density at radius 1 is 1.50 bits per heavy atom. The second-order valence-corrected chi connectivity index (χ2v) is 1.06. The van der Waals surface area contributed by atoms with Crippen molar-refractivity contribution in [3.63, 3.8) is 0 Å². The van der Waals surface area contributed by atoms with Crippen LogP contribution in [0.15, 0.2) is 0 Å². The lowest BCUT2D eigenvalue weighted by Crippen LogP contribution is -2.76. The summed E-state index contributed by atoms with van der Waals surface area (Å²) in [6.07, 6.45) is -5.14. The van der Waals surface area contributed by atoms with Crippen molar-refractivity contribution in [3.05, 3.63) is 5.21 Å². The third-order valence-electron chi connectivity index (χ3n) is 0.395. The van der Waals surface area contributed by atoms with E-state index in [4.69, 9.17) is 5.21 Å². The van der Waals surface area contributed by atoms with Gasteiger partial charge in [-0.2, -0.15) is 18.8 Å². The minimum absolute atomic E-state index is 0.441. The Hall–Kier alpha value is -0.860. The maximum Gasteiger partial charge on any atom is 0.494 e. The predicted octanol–water partition coefficient (Wildman–Crippen LogP) is -1.00. The first-order chi connectivity index (χ1) is 4.48. The summed E-state index contributed by atoms with van der Waals surface area (Å²) in [5, 5.41) is 9.17. The van der Waals surface area contributed by atoms with Crippen LogP contribution >= 0.6 is 0 Å². The van der Waals surface area contributed by atoms with Gasteiger partial charge < -0.3 is 5.21 Å². The summed E-state index contributed by atoms with van der Waals surface area (Å²) in [6.45, 7) is 0. The van der Waals surface area contributed by atoms with Gasteiger partial charge in [-0.05, 0) is 0 Å². The second-order valence-electron chi connectivity index (χ2n) is 1.06. The van der Waals surface area contributed by atoms with Crippen LogP contribution < -0.4 is 5.64 Å². The van der Waals surface area contributed by atoms with Gasteiger partial charge in [0.05, 0.1) is 0 Å². The molecule has 0 unspecified atom stereocenters. The number of quaternary nitrogens is 1. The number of carbonyl (C=O) groups excluding carboxylic acids is 1. The topological polar surface area (TPSA) is 75.2 Å². The number of rotatable bonds is 2. The van der Waals surface area contributed by atoms with Crippen LogP contribution in [0.2, 0.25) is 0 Å². The first-order valence-electron chi connectivity index (χ1n) is 1.86. The molecular weight excluding hydrogens is 159 g/mol. The van der Waals surface area contributed by atoms with E-state index in [1.54, 1.807) is 0 Å². The molecule has 0 bridgehead atoms. The zero-order valence-electron chi connectivity index (χ0n) is 4.34. The molecule has 0 aliphatic rings. The summed E-state index contributed by atoms with van der Waals surface area (Å²) in [6, 6.07) is 0. The van der Waals surface area contributed by atoms with Crippen molar-refractivity contribution in [3.8, 4) is 0 Å². The van der Waals surface area contributed by atoms with Gasteiger partial charge in [0.2, 0.25) is 0 Å². The van der Waals surface area contributed by atoms with E-state index in [1.807, 2.05) is 0 Å². The Balaban J connectivity index is 3.64. The van der Waals surface area contributed by atoms with Gasteiger partial charge in [-0.1, -0.05) is 0 Å². The van der Waals surface area contributed by atoms with Crippen LogP contribution in [0.5, 0.6) is 0 Å². The highest BCUT2D eigenvalue weighted by Crippen LogP contribution is 2.15. The molecule has 0 aromatic rings. The average molecular weight is 161 g/mol.